The second-order valence-corrected chi connectivity index (χ2v) is 8.84. The zero-order valence-electron chi connectivity index (χ0n) is 16.6. The first-order valence-corrected chi connectivity index (χ1v) is 11.1. The number of carbonyl (C=O) groups excluding carboxylic acids is 2. The Bertz CT molecular complexity index is 1090. The average Bonchev–Trinajstić information content (AvgIpc) is 3.26. The van der Waals surface area contributed by atoms with Crippen molar-refractivity contribution in [2.24, 2.45) is 0 Å². The van der Waals surface area contributed by atoms with Crippen LogP contribution < -0.4 is 5.32 Å². The predicted octanol–water partition coefficient (Wildman–Crippen LogP) is 4.53. The first-order valence-electron chi connectivity index (χ1n) is 9.90. The van der Waals surface area contributed by atoms with Gasteiger partial charge in [0.25, 0.3) is 5.91 Å². The van der Waals surface area contributed by atoms with Crippen LogP contribution in [0.3, 0.4) is 0 Å². The Morgan fingerprint density at radius 3 is 2.77 bits per heavy atom. The number of benzene rings is 2. The second-order valence-electron chi connectivity index (χ2n) is 7.39. The van der Waals surface area contributed by atoms with Crippen LogP contribution in [0, 0.1) is 5.82 Å². The maximum absolute atomic E-state index is 13.1. The van der Waals surface area contributed by atoms with E-state index in [0.29, 0.717) is 23.8 Å². The van der Waals surface area contributed by atoms with Crippen molar-refractivity contribution < 1.29 is 14.0 Å². The molecule has 0 unspecified atom stereocenters. The van der Waals surface area contributed by atoms with Gasteiger partial charge in [-0.05, 0) is 48.7 Å². The van der Waals surface area contributed by atoms with E-state index < -0.39 is 0 Å². The Morgan fingerprint density at radius 1 is 1.19 bits per heavy atom. The molecule has 1 aromatic heterocycles. The number of anilines is 1. The molecule has 1 saturated heterocycles. The van der Waals surface area contributed by atoms with E-state index in [2.05, 4.69) is 15.5 Å². The van der Waals surface area contributed by atoms with Crippen molar-refractivity contribution in [3.8, 4) is 0 Å². The van der Waals surface area contributed by atoms with Crippen LogP contribution >= 0.6 is 22.9 Å². The smallest absolute Gasteiger partial charge is 0.286 e. The molecule has 0 aliphatic carbocycles. The van der Waals surface area contributed by atoms with Crippen molar-refractivity contribution in [2.45, 2.75) is 25.2 Å². The molecule has 160 valence electrons. The molecule has 1 N–H and O–H groups in total. The van der Waals surface area contributed by atoms with Crippen LogP contribution in [0.15, 0.2) is 48.5 Å². The van der Waals surface area contributed by atoms with Gasteiger partial charge in [0.2, 0.25) is 10.9 Å². The number of amides is 2. The quantitative estimate of drug-likeness (QED) is 0.609. The third-order valence-corrected chi connectivity index (χ3v) is 6.43. The van der Waals surface area contributed by atoms with Crippen molar-refractivity contribution in [2.75, 3.05) is 18.4 Å². The van der Waals surface area contributed by atoms with Gasteiger partial charge in [-0.1, -0.05) is 41.1 Å². The van der Waals surface area contributed by atoms with Crippen LogP contribution in [0.1, 0.15) is 39.1 Å². The van der Waals surface area contributed by atoms with E-state index in [0.717, 1.165) is 23.4 Å². The molecule has 4 rings (SSSR count). The molecule has 6 nitrogen and oxygen atoms in total. The van der Waals surface area contributed by atoms with Gasteiger partial charge in [0.05, 0.1) is 6.42 Å². The van der Waals surface area contributed by atoms with Gasteiger partial charge in [-0.15, -0.1) is 10.2 Å². The molecule has 0 bridgehead atoms. The number of likely N-dealkylation sites (tertiary alicyclic amines) is 1. The summed E-state index contributed by atoms with van der Waals surface area (Å²) in [4.78, 5) is 27.0. The topological polar surface area (TPSA) is 75.2 Å². The lowest BCUT2D eigenvalue weighted by Gasteiger charge is -2.31. The van der Waals surface area contributed by atoms with Crippen molar-refractivity contribution >= 4 is 40.4 Å². The zero-order chi connectivity index (χ0) is 21.8. The fourth-order valence-electron chi connectivity index (χ4n) is 3.54. The van der Waals surface area contributed by atoms with E-state index in [-0.39, 0.29) is 35.0 Å². The average molecular weight is 459 g/mol. The summed E-state index contributed by atoms with van der Waals surface area (Å²) in [5.41, 5.74) is 1.37. The fraction of sp³-hybridized carbons (Fsp3) is 0.273. The third-order valence-electron chi connectivity index (χ3n) is 5.11. The van der Waals surface area contributed by atoms with Crippen molar-refractivity contribution in [3.05, 3.63) is 74.9 Å². The van der Waals surface area contributed by atoms with E-state index in [1.165, 1.54) is 23.5 Å². The molecule has 2 heterocycles. The lowest BCUT2D eigenvalue weighted by atomic mass is 9.98. The van der Waals surface area contributed by atoms with Gasteiger partial charge in [0.15, 0.2) is 0 Å². The summed E-state index contributed by atoms with van der Waals surface area (Å²) in [6.07, 6.45) is 1.96. The zero-order valence-corrected chi connectivity index (χ0v) is 18.1. The lowest BCUT2D eigenvalue weighted by Crippen LogP contribution is -2.39. The van der Waals surface area contributed by atoms with Crippen LogP contribution in [0.4, 0.5) is 10.1 Å². The summed E-state index contributed by atoms with van der Waals surface area (Å²) >= 11 is 7.20. The molecule has 0 saturated carbocycles. The molecule has 1 fully saturated rings. The van der Waals surface area contributed by atoms with Crippen LogP contribution in [-0.2, 0) is 11.2 Å². The minimum Gasteiger partial charge on any atom is -0.342 e. The first-order chi connectivity index (χ1) is 15.0. The molecular formula is C22H20ClFN4O2S. The standard InChI is InChI=1S/C22H20ClFN4O2S/c23-16-4-1-5-18(12-16)25-20(30)22-27-26-21(31-22)15-3-2-10-28(13-15)19(29)11-14-6-8-17(24)9-7-14/h1,4-9,12,15H,2-3,10-11,13H2,(H,25,30)/t15-/m0/s1. The monoisotopic (exact) mass is 458 g/mol. The first kappa shape index (κ1) is 21.4. The van der Waals surface area contributed by atoms with Crippen molar-refractivity contribution in [1.82, 2.24) is 15.1 Å². The molecule has 0 radical (unpaired) electrons. The van der Waals surface area contributed by atoms with Crippen LogP contribution in [0.2, 0.25) is 5.02 Å². The van der Waals surface area contributed by atoms with Gasteiger partial charge < -0.3 is 10.2 Å². The SMILES string of the molecule is O=C(Nc1cccc(Cl)c1)c1nnc([C@H]2CCCN(C(=O)Cc3ccc(F)cc3)C2)s1. The van der Waals surface area contributed by atoms with Gasteiger partial charge >= 0.3 is 0 Å². The Kier molecular flexibility index (Phi) is 6.58. The van der Waals surface area contributed by atoms with Crippen molar-refractivity contribution in [3.63, 3.8) is 0 Å². The summed E-state index contributed by atoms with van der Waals surface area (Å²) in [5, 5.41) is 12.6. The highest BCUT2D eigenvalue weighted by atomic mass is 35.5. The highest BCUT2D eigenvalue weighted by Gasteiger charge is 2.28. The minimum absolute atomic E-state index is 0.000235. The molecule has 1 aliphatic heterocycles. The number of hydrogen-bond acceptors (Lipinski definition) is 5. The van der Waals surface area contributed by atoms with Gasteiger partial charge in [-0.3, -0.25) is 9.59 Å². The molecule has 1 aliphatic rings. The number of aromatic nitrogens is 2. The molecule has 3 aromatic rings. The number of halogens is 2. The normalized spacial score (nSPS) is 16.2. The largest absolute Gasteiger partial charge is 0.342 e. The van der Waals surface area contributed by atoms with Gasteiger partial charge in [-0.25, -0.2) is 4.39 Å². The number of nitrogens with zero attached hydrogens (tertiary/aromatic N) is 3. The van der Waals surface area contributed by atoms with E-state index in [4.69, 9.17) is 11.6 Å². The third kappa shape index (κ3) is 5.45. The number of nitrogens with one attached hydrogen (secondary N) is 1. The van der Waals surface area contributed by atoms with E-state index in [1.54, 1.807) is 36.4 Å². The van der Waals surface area contributed by atoms with Crippen LogP contribution in [-0.4, -0.2) is 40.0 Å². The van der Waals surface area contributed by atoms with Gasteiger partial charge in [0.1, 0.15) is 10.8 Å². The summed E-state index contributed by atoms with van der Waals surface area (Å²) < 4.78 is 13.1. The van der Waals surface area contributed by atoms with Gasteiger partial charge in [-0.2, -0.15) is 0 Å². The minimum atomic E-state index is -0.342. The molecule has 2 aromatic carbocycles. The van der Waals surface area contributed by atoms with Crippen molar-refractivity contribution in [1.29, 1.82) is 0 Å². The highest BCUT2D eigenvalue weighted by Crippen LogP contribution is 2.30. The Morgan fingerprint density at radius 2 is 2.00 bits per heavy atom. The van der Waals surface area contributed by atoms with Gasteiger partial charge in [0, 0.05) is 29.7 Å². The molecule has 9 heteroatoms. The summed E-state index contributed by atoms with van der Waals surface area (Å²) in [6, 6.07) is 12.9. The Balaban J connectivity index is 1.38. The Labute approximate surface area is 188 Å². The highest BCUT2D eigenvalue weighted by molar-refractivity contribution is 7.13. The number of carbonyl (C=O) groups is 2. The molecule has 0 spiro atoms. The summed E-state index contributed by atoms with van der Waals surface area (Å²) in [5.74, 6) is -0.623. The molecule has 2 amide bonds. The number of rotatable bonds is 5. The number of piperidine rings is 1. The summed E-state index contributed by atoms with van der Waals surface area (Å²) in [6.45, 7) is 1.21. The molecular weight excluding hydrogens is 439 g/mol. The van der Waals surface area contributed by atoms with E-state index in [9.17, 15) is 14.0 Å². The maximum Gasteiger partial charge on any atom is 0.286 e. The predicted molar refractivity (Wildman–Crippen MR) is 118 cm³/mol. The van der Waals surface area contributed by atoms with E-state index in [1.807, 2.05) is 4.90 Å². The number of hydrogen-bond donors (Lipinski definition) is 1. The summed E-state index contributed by atoms with van der Waals surface area (Å²) in [7, 11) is 0. The molecule has 31 heavy (non-hydrogen) atoms. The maximum atomic E-state index is 13.1. The van der Waals surface area contributed by atoms with Crippen LogP contribution in [0.25, 0.3) is 0 Å². The Hall–Kier alpha value is -2.84. The second kappa shape index (κ2) is 9.53. The van der Waals surface area contributed by atoms with Crippen LogP contribution in [0.5, 0.6) is 0 Å². The lowest BCUT2D eigenvalue weighted by molar-refractivity contribution is -0.131. The molecule has 1 atom stereocenters. The van der Waals surface area contributed by atoms with E-state index >= 15 is 0 Å². The fourth-order valence-corrected chi connectivity index (χ4v) is 4.59.